The maximum atomic E-state index is 12.9. The molecule has 166 valence electrons. The number of benzene rings is 2. The summed E-state index contributed by atoms with van der Waals surface area (Å²) in [5, 5.41) is 3.59. The lowest BCUT2D eigenvalue weighted by Gasteiger charge is -2.25. The van der Waals surface area contributed by atoms with Gasteiger partial charge < -0.3 is 10.2 Å². The molecule has 1 aliphatic heterocycles. The maximum Gasteiger partial charge on any atom is 0.255 e. The second-order valence-electron chi connectivity index (χ2n) is 8.76. The highest BCUT2D eigenvalue weighted by molar-refractivity contribution is 6.31. The summed E-state index contributed by atoms with van der Waals surface area (Å²) in [5.74, 6) is -0.0950. The number of nitrogens with one attached hydrogen (secondary N) is 1. The Kier molecular flexibility index (Phi) is 6.47. The summed E-state index contributed by atoms with van der Waals surface area (Å²) in [6, 6.07) is 10.9. The maximum absolute atomic E-state index is 12.9. The van der Waals surface area contributed by atoms with Crippen molar-refractivity contribution in [1.82, 2.24) is 10.2 Å². The molecule has 6 heteroatoms. The molecular weight excluding hydrogens is 424 g/mol. The number of allylic oxidation sites excluding steroid dienone is 1. The molecule has 1 N–H and O–H groups in total. The van der Waals surface area contributed by atoms with Gasteiger partial charge in [0.15, 0.2) is 5.78 Å². The van der Waals surface area contributed by atoms with Gasteiger partial charge in [0, 0.05) is 30.1 Å². The summed E-state index contributed by atoms with van der Waals surface area (Å²) in [7, 11) is 0. The highest BCUT2D eigenvalue weighted by atomic mass is 35.5. The Morgan fingerprint density at radius 1 is 1.19 bits per heavy atom. The average Bonchev–Trinajstić information content (AvgIpc) is 2.97. The molecule has 0 saturated heterocycles. The number of rotatable bonds is 5. The van der Waals surface area contributed by atoms with Crippen molar-refractivity contribution in [1.29, 1.82) is 0 Å². The monoisotopic (exact) mass is 450 g/mol. The van der Waals surface area contributed by atoms with Crippen LogP contribution in [0.3, 0.4) is 0 Å². The molecule has 2 aliphatic rings. The number of hydrogen-bond donors (Lipinski definition) is 1. The van der Waals surface area contributed by atoms with Gasteiger partial charge in [0.05, 0.1) is 12.5 Å². The van der Waals surface area contributed by atoms with Crippen LogP contribution in [-0.2, 0) is 29.1 Å². The number of halogens is 1. The van der Waals surface area contributed by atoms with Crippen molar-refractivity contribution in [2.75, 3.05) is 0 Å². The van der Waals surface area contributed by atoms with Crippen LogP contribution in [0, 0.1) is 6.92 Å². The van der Waals surface area contributed by atoms with E-state index in [0.29, 0.717) is 36.5 Å². The normalized spacial score (nSPS) is 18.5. The van der Waals surface area contributed by atoms with Gasteiger partial charge in [-0.15, -0.1) is 0 Å². The quantitative estimate of drug-likeness (QED) is 0.537. The first kappa shape index (κ1) is 22.3. The van der Waals surface area contributed by atoms with E-state index >= 15 is 0 Å². The number of fused-ring (bicyclic) bond motifs is 1. The largest absolute Gasteiger partial charge is 0.352 e. The number of ketones is 1. The number of nitrogens with zero attached hydrogens (tertiary/aromatic N) is 1. The van der Waals surface area contributed by atoms with Gasteiger partial charge in [-0.25, -0.2) is 0 Å². The lowest BCUT2D eigenvalue weighted by Crippen LogP contribution is -2.40. The van der Waals surface area contributed by atoms with Crippen LogP contribution in [0.5, 0.6) is 0 Å². The number of amides is 2. The smallest absolute Gasteiger partial charge is 0.255 e. The molecule has 4 rings (SSSR count). The highest BCUT2D eigenvalue weighted by Crippen LogP contribution is 2.30. The summed E-state index contributed by atoms with van der Waals surface area (Å²) in [6.45, 7) is 6.69. The zero-order chi connectivity index (χ0) is 22.8. The summed E-state index contributed by atoms with van der Waals surface area (Å²) in [5.41, 5.74) is 5.27. The van der Waals surface area contributed by atoms with Crippen LogP contribution in [-0.4, -0.2) is 28.5 Å². The number of hydrogen-bond acceptors (Lipinski definition) is 3. The third-order valence-corrected chi connectivity index (χ3v) is 6.68. The Bertz CT molecular complexity index is 1110. The zero-order valence-electron chi connectivity index (χ0n) is 18.2. The van der Waals surface area contributed by atoms with Crippen LogP contribution in [0.15, 0.2) is 48.6 Å². The summed E-state index contributed by atoms with van der Waals surface area (Å²) in [6.07, 6.45) is 3.01. The third-order valence-electron chi connectivity index (χ3n) is 6.27. The molecule has 1 saturated carbocycles. The Balaban J connectivity index is 1.39. The van der Waals surface area contributed by atoms with E-state index in [2.05, 4.69) is 11.9 Å². The van der Waals surface area contributed by atoms with Gasteiger partial charge in [0.1, 0.15) is 0 Å². The van der Waals surface area contributed by atoms with Gasteiger partial charge in [0.2, 0.25) is 5.91 Å². The van der Waals surface area contributed by atoms with E-state index in [-0.39, 0.29) is 30.1 Å². The molecule has 0 bridgehead atoms. The molecule has 0 radical (unpaired) electrons. The lowest BCUT2D eigenvalue weighted by molar-refractivity contribution is -0.123. The molecule has 1 atom stereocenters. The molecule has 5 nitrogen and oxygen atoms in total. The predicted molar refractivity (Wildman–Crippen MR) is 124 cm³/mol. The fraction of sp³-hybridized carbons (Fsp3) is 0.346. The Hall–Kier alpha value is -2.92. The second kappa shape index (κ2) is 9.29. The first-order chi connectivity index (χ1) is 15.3. The minimum Gasteiger partial charge on any atom is -0.352 e. The minimum atomic E-state index is -0.376. The summed E-state index contributed by atoms with van der Waals surface area (Å²) >= 11 is 6.14. The molecule has 1 fully saturated rings. The summed E-state index contributed by atoms with van der Waals surface area (Å²) < 4.78 is 0. The van der Waals surface area contributed by atoms with Crippen molar-refractivity contribution in [2.45, 2.75) is 58.2 Å². The third kappa shape index (κ3) is 4.78. The van der Waals surface area contributed by atoms with E-state index in [1.54, 1.807) is 11.0 Å². The van der Waals surface area contributed by atoms with Crippen LogP contribution < -0.4 is 5.32 Å². The van der Waals surface area contributed by atoms with Crippen molar-refractivity contribution in [3.05, 3.63) is 81.4 Å². The topological polar surface area (TPSA) is 66.5 Å². The molecule has 2 aromatic rings. The fourth-order valence-electron chi connectivity index (χ4n) is 4.44. The van der Waals surface area contributed by atoms with E-state index in [4.69, 9.17) is 11.6 Å². The molecule has 2 amide bonds. The highest BCUT2D eigenvalue weighted by Gasteiger charge is 2.36. The number of aryl methyl sites for hydroxylation is 1. The van der Waals surface area contributed by atoms with Crippen molar-refractivity contribution >= 4 is 29.2 Å². The molecule has 2 aromatic carbocycles. The molecule has 0 spiro atoms. The number of carbonyl (C=O) groups is 3. The first-order valence-corrected chi connectivity index (χ1v) is 11.3. The van der Waals surface area contributed by atoms with Gasteiger partial charge in [-0.1, -0.05) is 48.0 Å². The minimum absolute atomic E-state index is 0.0809. The molecule has 0 aromatic heterocycles. The van der Waals surface area contributed by atoms with Crippen LogP contribution in [0.25, 0.3) is 0 Å². The standard InChI is InChI=1S/C26H27ClN2O3/c1-16-4-3-5-23(24(30)10-16)29-15-20-11-19(8-9-21(20)26(29)32)14-28-25(31)13-18-7-6-17(2)22(27)12-18/h6-9,11-12,23H,1,3-5,10,13-15H2,2H3,(H,28,31). The molecule has 1 aliphatic carbocycles. The van der Waals surface area contributed by atoms with Gasteiger partial charge in [-0.2, -0.15) is 0 Å². The van der Waals surface area contributed by atoms with Crippen LogP contribution in [0.4, 0.5) is 0 Å². The number of Topliss-reactive ketones (excluding diaryl/α,β-unsaturated/α-hetero) is 1. The van der Waals surface area contributed by atoms with E-state index in [0.717, 1.165) is 40.7 Å². The Labute approximate surface area is 193 Å². The lowest BCUT2D eigenvalue weighted by atomic mass is 10.1. The van der Waals surface area contributed by atoms with Gasteiger partial charge in [-0.3, -0.25) is 14.4 Å². The Morgan fingerprint density at radius 2 is 1.97 bits per heavy atom. The van der Waals surface area contributed by atoms with Crippen molar-refractivity contribution < 1.29 is 14.4 Å². The van der Waals surface area contributed by atoms with E-state index in [1.807, 2.05) is 37.3 Å². The SMILES string of the molecule is C=C1CCCC(N2Cc3cc(CNC(=O)Cc4ccc(C)c(Cl)c4)ccc3C2=O)C(=O)C1. The first-order valence-electron chi connectivity index (χ1n) is 11.0. The van der Waals surface area contributed by atoms with Gasteiger partial charge >= 0.3 is 0 Å². The summed E-state index contributed by atoms with van der Waals surface area (Å²) in [4.78, 5) is 39.6. The molecule has 1 heterocycles. The predicted octanol–water partition coefficient (Wildman–Crippen LogP) is 4.53. The Morgan fingerprint density at radius 3 is 2.75 bits per heavy atom. The molecule has 32 heavy (non-hydrogen) atoms. The zero-order valence-corrected chi connectivity index (χ0v) is 19.0. The van der Waals surface area contributed by atoms with Crippen LogP contribution in [0.1, 0.15) is 58.3 Å². The van der Waals surface area contributed by atoms with Crippen LogP contribution >= 0.6 is 11.6 Å². The van der Waals surface area contributed by atoms with Gasteiger partial charge in [0.25, 0.3) is 5.91 Å². The van der Waals surface area contributed by atoms with Crippen molar-refractivity contribution in [2.24, 2.45) is 0 Å². The molecule has 1 unspecified atom stereocenters. The van der Waals surface area contributed by atoms with Crippen LogP contribution in [0.2, 0.25) is 5.02 Å². The van der Waals surface area contributed by atoms with Crippen molar-refractivity contribution in [3.63, 3.8) is 0 Å². The molecular formula is C26H27ClN2O3. The van der Waals surface area contributed by atoms with E-state index < -0.39 is 0 Å². The average molecular weight is 451 g/mol. The van der Waals surface area contributed by atoms with E-state index in [9.17, 15) is 14.4 Å². The van der Waals surface area contributed by atoms with Crippen molar-refractivity contribution in [3.8, 4) is 0 Å². The fourth-order valence-corrected chi connectivity index (χ4v) is 4.64. The van der Waals surface area contributed by atoms with Gasteiger partial charge in [-0.05, 0) is 60.6 Å². The number of carbonyl (C=O) groups excluding carboxylic acids is 3. The second-order valence-corrected chi connectivity index (χ2v) is 9.17. The van der Waals surface area contributed by atoms with E-state index in [1.165, 1.54) is 0 Å².